The fourth-order valence-corrected chi connectivity index (χ4v) is 3.64. The van der Waals surface area contributed by atoms with E-state index in [0.717, 1.165) is 25.0 Å². The summed E-state index contributed by atoms with van der Waals surface area (Å²) >= 11 is 0. The third-order valence-corrected chi connectivity index (χ3v) is 4.96. The van der Waals surface area contributed by atoms with Crippen molar-refractivity contribution in [2.24, 2.45) is 0 Å². The minimum absolute atomic E-state index is 0.0355. The number of rotatable bonds is 8. The third kappa shape index (κ3) is 5.59. The molecule has 0 radical (unpaired) electrons. The van der Waals surface area contributed by atoms with Crippen LogP contribution in [0.1, 0.15) is 30.5 Å². The summed E-state index contributed by atoms with van der Waals surface area (Å²) < 4.78 is 24.0. The molecule has 0 saturated heterocycles. The van der Waals surface area contributed by atoms with Crippen LogP contribution in [0, 0.1) is 0 Å². The lowest BCUT2D eigenvalue weighted by molar-refractivity contribution is 0.475. The van der Waals surface area contributed by atoms with E-state index in [1.54, 1.807) is 24.7 Å². The molecule has 5 nitrogen and oxygen atoms in total. The number of H-pyrrole nitrogens is 1. The van der Waals surface area contributed by atoms with E-state index in [2.05, 4.69) is 9.97 Å². The average molecular weight is 308 g/mol. The van der Waals surface area contributed by atoms with Crippen molar-refractivity contribution in [3.8, 4) is 5.75 Å². The Morgan fingerprint density at radius 2 is 1.86 bits per heavy atom. The molecule has 2 rings (SSSR count). The molecule has 0 aliphatic heterocycles. The van der Waals surface area contributed by atoms with E-state index in [-0.39, 0.29) is 17.3 Å². The van der Waals surface area contributed by atoms with Crippen molar-refractivity contribution in [1.82, 2.24) is 9.97 Å². The predicted octanol–water partition coefficient (Wildman–Crippen LogP) is 2.44. The Bertz CT molecular complexity index is 634. The number of hydrogen-bond donors (Lipinski definition) is 2. The number of sulfone groups is 1. The summed E-state index contributed by atoms with van der Waals surface area (Å²) in [6.45, 7) is 0. The number of phenolic OH excluding ortho intramolecular Hbond substituents is 1. The summed E-state index contributed by atoms with van der Waals surface area (Å²) in [7, 11) is -3.08. The molecule has 0 amide bonds. The first-order valence-electron chi connectivity index (χ1n) is 7.01. The van der Waals surface area contributed by atoms with Gasteiger partial charge in [0.15, 0.2) is 9.84 Å². The first-order valence-corrected chi connectivity index (χ1v) is 8.83. The Morgan fingerprint density at radius 3 is 2.52 bits per heavy atom. The van der Waals surface area contributed by atoms with E-state index in [9.17, 15) is 13.5 Å². The molecule has 0 saturated carbocycles. The van der Waals surface area contributed by atoms with E-state index in [4.69, 9.17) is 0 Å². The Kier molecular flexibility index (Phi) is 5.38. The molecule has 0 aliphatic carbocycles. The van der Waals surface area contributed by atoms with Gasteiger partial charge in [0.05, 0.1) is 17.8 Å². The molecule has 6 heteroatoms. The molecule has 2 aromatic rings. The number of benzene rings is 1. The van der Waals surface area contributed by atoms with Crippen molar-refractivity contribution in [1.29, 1.82) is 0 Å². The molecule has 1 aromatic heterocycles. The van der Waals surface area contributed by atoms with Gasteiger partial charge in [0.1, 0.15) is 5.75 Å². The van der Waals surface area contributed by atoms with Gasteiger partial charge in [0.2, 0.25) is 0 Å². The Labute approximate surface area is 125 Å². The normalized spacial score (nSPS) is 11.6. The van der Waals surface area contributed by atoms with Crippen molar-refractivity contribution < 1.29 is 13.5 Å². The summed E-state index contributed by atoms with van der Waals surface area (Å²) in [5.74, 6) is 0.389. The zero-order valence-electron chi connectivity index (χ0n) is 11.8. The summed E-state index contributed by atoms with van der Waals surface area (Å²) in [5.41, 5.74) is 1.80. The van der Waals surface area contributed by atoms with Gasteiger partial charge in [0, 0.05) is 11.9 Å². The third-order valence-electron chi connectivity index (χ3n) is 3.28. The molecular weight excluding hydrogens is 288 g/mol. The highest BCUT2D eigenvalue weighted by molar-refractivity contribution is 7.90. The van der Waals surface area contributed by atoms with E-state index in [0.29, 0.717) is 12.0 Å². The average Bonchev–Trinajstić information content (AvgIpc) is 2.94. The largest absolute Gasteiger partial charge is 0.508 e. The highest BCUT2D eigenvalue weighted by atomic mass is 32.2. The standard InChI is InChI=1S/C15H20N2O3S/c18-15-7-5-13(6-8-15)11-21(19,20)9-3-1-2-4-14-10-16-12-17-14/h5-8,10,12,18H,1-4,9,11H2,(H,16,17). The van der Waals surface area contributed by atoms with Crippen LogP contribution in [0.4, 0.5) is 0 Å². The van der Waals surface area contributed by atoms with Gasteiger partial charge in [-0.25, -0.2) is 13.4 Å². The van der Waals surface area contributed by atoms with Gasteiger partial charge in [-0.15, -0.1) is 0 Å². The number of aromatic hydroxyl groups is 1. The van der Waals surface area contributed by atoms with Gasteiger partial charge in [0.25, 0.3) is 0 Å². The highest BCUT2D eigenvalue weighted by Crippen LogP contribution is 2.14. The zero-order valence-corrected chi connectivity index (χ0v) is 12.6. The summed E-state index contributed by atoms with van der Waals surface area (Å²) in [6.07, 6.45) is 6.86. The maximum Gasteiger partial charge on any atom is 0.154 e. The van der Waals surface area contributed by atoms with Crippen LogP contribution < -0.4 is 0 Å². The molecule has 0 bridgehead atoms. The molecular formula is C15H20N2O3S. The number of hydrogen-bond acceptors (Lipinski definition) is 4. The summed E-state index contributed by atoms with van der Waals surface area (Å²) in [5, 5.41) is 9.18. The van der Waals surface area contributed by atoms with Crippen molar-refractivity contribution >= 4 is 9.84 Å². The quantitative estimate of drug-likeness (QED) is 0.734. The van der Waals surface area contributed by atoms with Crippen molar-refractivity contribution in [3.05, 3.63) is 48.0 Å². The van der Waals surface area contributed by atoms with Gasteiger partial charge < -0.3 is 10.1 Å². The van der Waals surface area contributed by atoms with E-state index < -0.39 is 9.84 Å². The van der Waals surface area contributed by atoms with Crippen LogP contribution in [0.3, 0.4) is 0 Å². The lowest BCUT2D eigenvalue weighted by atomic mass is 10.2. The second-order valence-corrected chi connectivity index (χ2v) is 7.33. The van der Waals surface area contributed by atoms with Gasteiger partial charge in [-0.3, -0.25) is 0 Å². The molecule has 0 fully saturated rings. The predicted molar refractivity (Wildman–Crippen MR) is 81.7 cm³/mol. The number of imidazole rings is 1. The van der Waals surface area contributed by atoms with E-state index in [1.807, 2.05) is 0 Å². The fourth-order valence-electron chi connectivity index (χ4n) is 2.15. The molecule has 0 spiro atoms. The second-order valence-electron chi connectivity index (χ2n) is 5.15. The van der Waals surface area contributed by atoms with Crippen molar-refractivity contribution in [2.75, 3.05) is 5.75 Å². The molecule has 21 heavy (non-hydrogen) atoms. The van der Waals surface area contributed by atoms with Crippen LogP contribution in [0.15, 0.2) is 36.8 Å². The molecule has 1 heterocycles. The minimum atomic E-state index is -3.08. The SMILES string of the molecule is O=S(=O)(CCCCCc1cnc[nH]1)Cc1ccc(O)cc1. The smallest absolute Gasteiger partial charge is 0.154 e. The zero-order chi connectivity index (χ0) is 15.1. The molecule has 114 valence electrons. The topological polar surface area (TPSA) is 83.0 Å². The number of aromatic nitrogens is 2. The molecule has 1 aromatic carbocycles. The fraction of sp³-hybridized carbons (Fsp3) is 0.400. The lowest BCUT2D eigenvalue weighted by Crippen LogP contribution is -2.09. The van der Waals surface area contributed by atoms with Crippen molar-refractivity contribution in [3.63, 3.8) is 0 Å². The minimum Gasteiger partial charge on any atom is -0.508 e. The number of nitrogens with zero attached hydrogens (tertiary/aromatic N) is 1. The molecule has 0 atom stereocenters. The van der Waals surface area contributed by atoms with Crippen LogP contribution in [0.5, 0.6) is 5.75 Å². The first-order chi connectivity index (χ1) is 10.1. The maximum atomic E-state index is 12.0. The van der Waals surface area contributed by atoms with Crippen LogP contribution in [-0.4, -0.2) is 29.2 Å². The van der Waals surface area contributed by atoms with Crippen LogP contribution in [-0.2, 0) is 22.0 Å². The Hall–Kier alpha value is -1.82. The lowest BCUT2D eigenvalue weighted by Gasteiger charge is -2.05. The van der Waals surface area contributed by atoms with Gasteiger partial charge >= 0.3 is 0 Å². The first kappa shape index (κ1) is 15.6. The Morgan fingerprint density at radius 1 is 1.10 bits per heavy atom. The number of unbranched alkanes of at least 4 members (excludes halogenated alkanes) is 2. The van der Waals surface area contributed by atoms with E-state index in [1.165, 1.54) is 12.1 Å². The number of aryl methyl sites for hydroxylation is 1. The number of aromatic amines is 1. The maximum absolute atomic E-state index is 12.0. The molecule has 2 N–H and O–H groups in total. The highest BCUT2D eigenvalue weighted by Gasteiger charge is 2.11. The van der Waals surface area contributed by atoms with Crippen LogP contribution in [0.25, 0.3) is 0 Å². The van der Waals surface area contributed by atoms with Gasteiger partial charge in [-0.2, -0.15) is 0 Å². The molecule has 0 aliphatic rings. The number of phenols is 1. The van der Waals surface area contributed by atoms with Crippen LogP contribution >= 0.6 is 0 Å². The summed E-state index contributed by atoms with van der Waals surface area (Å²) in [4.78, 5) is 6.98. The second kappa shape index (κ2) is 7.26. The Balaban J connectivity index is 1.70. The monoisotopic (exact) mass is 308 g/mol. The van der Waals surface area contributed by atoms with Gasteiger partial charge in [-0.05, 0) is 37.0 Å². The number of nitrogens with one attached hydrogen (secondary N) is 1. The van der Waals surface area contributed by atoms with Crippen LogP contribution in [0.2, 0.25) is 0 Å². The van der Waals surface area contributed by atoms with E-state index >= 15 is 0 Å². The summed E-state index contributed by atoms with van der Waals surface area (Å²) in [6, 6.07) is 6.31. The van der Waals surface area contributed by atoms with Crippen molar-refractivity contribution in [2.45, 2.75) is 31.4 Å². The molecule has 0 unspecified atom stereocenters. The van der Waals surface area contributed by atoms with Gasteiger partial charge in [-0.1, -0.05) is 18.6 Å².